The molecule has 9 heteroatoms. The lowest BCUT2D eigenvalue weighted by atomic mass is 10.1. The van der Waals surface area contributed by atoms with E-state index in [9.17, 15) is 18.3 Å². The Morgan fingerprint density at radius 2 is 2.30 bits per heavy atom. The predicted octanol–water partition coefficient (Wildman–Crippen LogP) is 1.72. The molecule has 0 aromatic carbocycles. The number of carboxylic acids is 1. The first-order valence-electron chi connectivity index (χ1n) is 7.04. The molecule has 0 amide bonds. The van der Waals surface area contributed by atoms with Gasteiger partial charge in [-0.15, -0.1) is 11.3 Å². The van der Waals surface area contributed by atoms with Crippen molar-refractivity contribution in [3.63, 3.8) is 0 Å². The van der Waals surface area contributed by atoms with Gasteiger partial charge >= 0.3 is 5.97 Å². The van der Waals surface area contributed by atoms with Gasteiger partial charge in [-0.25, -0.2) is 17.9 Å². The lowest BCUT2D eigenvalue weighted by Gasteiger charge is -2.13. The van der Waals surface area contributed by atoms with Crippen molar-refractivity contribution in [3.05, 3.63) is 40.2 Å². The molecule has 0 saturated heterocycles. The molecule has 7 nitrogen and oxygen atoms in total. The van der Waals surface area contributed by atoms with Gasteiger partial charge in [0.1, 0.15) is 9.97 Å². The van der Waals surface area contributed by atoms with Crippen molar-refractivity contribution < 1.29 is 22.7 Å². The van der Waals surface area contributed by atoms with Crippen LogP contribution < -0.4 is 10.0 Å². The van der Waals surface area contributed by atoms with Crippen molar-refractivity contribution in [2.75, 3.05) is 6.54 Å². The summed E-state index contributed by atoms with van der Waals surface area (Å²) in [5.41, 5.74) is 0.512. The number of fused-ring (bicyclic) bond motifs is 1. The van der Waals surface area contributed by atoms with Gasteiger partial charge in [-0.05, 0) is 37.6 Å². The van der Waals surface area contributed by atoms with Gasteiger partial charge in [0.15, 0.2) is 0 Å². The second kappa shape index (κ2) is 6.08. The second-order valence-electron chi connectivity index (χ2n) is 5.26. The molecular formula is C14H16N2O5S2. The number of sulfonamides is 1. The molecule has 124 valence electrons. The van der Waals surface area contributed by atoms with E-state index in [-0.39, 0.29) is 9.77 Å². The quantitative estimate of drug-likeness (QED) is 0.753. The SMILES string of the molecule is CC(NS(=O)(=O)c1sc2c(c1C(=O)O)CCNC2)c1ccco1. The summed E-state index contributed by atoms with van der Waals surface area (Å²) in [6.07, 6.45) is 1.97. The van der Waals surface area contributed by atoms with Crippen LogP contribution in [0.2, 0.25) is 0 Å². The number of carbonyl (C=O) groups is 1. The van der Waals surface area contributed by atoms with Gasteiger partial charge in [-0.2, -0.15) is 0 Å². The van der Waals surface area contributed by atoms with Crippen molar-refractivity contribution in [2.24, 2.45) is 0 Å². The number of furan rings is 1. The van der Waals surface area contributed by atoms with E-state index in [1.807, 2.05) is 0 Å². The lowest BCUT2D eigenvalue weighted by molar-refractivity contribution is 0.0692. The van der Waals surface area contributed by atoms with Gasteiger partial charge < -0.3 is 14.8 Å². The molecule has 1 atom stereocenters. The number of carboxylic acid groups (broad SMARTS) is 1. The van der Waals surface area contributed by atoms with Crippen molar-refractivity contribution in [1.82, 2.24) is 10.0 Å². The highest BCUT2D eigenvalue weighted by molar-refractivity contribution is 7.91. The van der Waals surface area contributed by atoms with E-state index in [2.05, 4.69) is 10.0 Å². The Morgan fingerprint density at radius 3 is 2.96 bits per heavy atom. The van der Waals surface area contributed by atoms with Gasteiger partial charge in [0.05, 0.1) is 17.9 Å². The average molecular weight is 356 g/mol. The molecule has 3 heterocycles. The van der Waals surface area contributed by atoms with E-state index in [1.54, 1.807) is 19.1 Å². The molecule has 3 rings (SSSR count). The third kappa shape index (κ3) is 3.05. The molecule has 1 aliphatic heterocycles. The van der Waals surface area contributed by atoms with Crippen LogP contribution in [0, 0.1) is 0 Å². The van der Waals surface area contributed by atoms with Crippen LogP contribution in [-0.2, 0) is 23.0 Å². The lowest BCUT2D eigenvalue weighted by Crippen LogP contribution is -2.27. The highest BCUT2D eigenvalue weighted by atomic mass is 32.2. The number of hydrogen-bond donors (Lipinski definition) is 3. The first-order chi connectivity index (χ1) is 10.9. The van der Waals surface area contributed by atoms with Crippen LogP contribution in [0.4, 0.5) is 0 Å². The highest BCUT2D eigenvalue weighted by Crippen LogP contribution is 2.35. The largest absolute Gasteiger partial charge is 0.478 e. The number of hydrogen-bond acceptors (Lipinski definition) is 6. The predicted molar refractivity (Wildman–Crippen MR) is 84.1 cm³/mol. The van der Waals surface area contributed by atoms with Crippen molar-refractivity contribution in [1.29, 1.82) is 0 Å². The van der Waals surface area contributed by atoms with E-state index in [0.29, 0.717) is 30.8 Å². The first kappa shape index (κ1) is 16.2. The number of aromatic carboxylic acids is 1. The van der Waals surface area contributed by atoms with Crippen LogP contribution >= 0.6 is 11.3 Å². The maximum atomic E-state index is 12.7. The van der Waals surface area contributed by atoms with E-state index in [4.69, 9.17) is 4.42 Å². The summed E-state index contributed by atoms with van der Waals surface area (Å²) in [5, 5.41) is 12.6. The Balaban J connectivity index is 1.99. The Bertz CT molecular complexity index is 824. The molecule has 2 aromatic rings. The topological polar surface area (TPSA) is 109 Å². The summed E-state index contributed by atoms with van der Waals surface area (Å²) in [6.45, 7) is 2.77. The summed E-state index contributed by atoms with van der Waals surface area (Å²) in [4.78, 5) is 12.4. The smallest absolute Gasteiger partial charge is 0.338 e. The Hall–Kier alpha value is -1.68. The van der Waals surface area contributed by atoms with E-state index in [0.717, 1.165) is 16.2 Å². The van der Waals surface area contributed by atoms with Gasteiger partial charge in [0.25, 0.3) is 10.0 Å². The zero-order valence-electron chi connectivity index (χ0n) is 12.3. The van der Waals surface area contributed by atoms with Crippen molar-refractivity contribution >= 4 is 27.3 Å². The minimum absolute atomic E-state index is 0.106. The van der Waals surface area contributed by atoms with Crippen LogP contribution in [0.3, 0.4) is 0 Å². The second-order valence-corrected chi connectivity index (χ2v) is 8.27. The molecule has 0 saturated carbocycles. The number of thiophene rings is 1. The molecule has 0 bridgehead atoms. The monoisotopic (exact) mass is 356 g/mol. The molecule has 2 aromatic heterocycles. The molecule has 3 N–H and O–H groups in total. The summed E-state index contributed by atoms with van der Waals surface area (Å²) in [7, 11) is -3.96. The molecule has 23 heavy (non-hydrogen) atoms. The molecule has 0 radical (unpaired) electrons. The standard InChI is InChI=1S/C14H16N2O5S2/c1-8(10-3-2-6-21-10)16-23(19,20)14-12(13(17)18)9-4-5-15-7-11(9)22-14/h2-3,6,8,15-16H,4-5,7H2,1H3,(H,17,18). The van der Waals surface area contributed by atoms with E-state index >= 15 is 0 Å². The fraction of sp³-hybridized carbons (Fsp3) is 0.357. The van der Waals surface area contributed by atoms with Gasteiger partial charge in [0, 0.05) is 11.4 Å². The van der Waals surface area contributed by atoms with Crippen LogP contribution in [0.25, 0.3) is 0 Å². The van der Waals surface area contributed by atoms with Crippen molar-refractivity contribution in [3.8, 4) is 0 Å². The Kier molecular flexibility index (Phi) is 4.28. The van der Waals surface area contributed by atoms with E-state index in [1.165, 1.54) is 6.26 Å². The number of rotatable bonds is 5. The summed E-state index contributed by atoms with van der Waals surface area (Å²) < 4.78 is 32.8. The zero-order valence-corrected chi connectivity index (χ0v) is 14.0. The molecule has 0 spiro atoms. The fourth-order valence-corrected chi connectivity index (χ4v) is 5.69. The van der Waals surface area contributed by atoms with Crippen LogP contribution in [0.5, 0.6) is 0 Å². The zero-order chi connectivity index (χ0) is 16.6. The first-order valence-corrected chi connectivity index (χ1v) is 9.34. The highest BCUT2D eigenvalue weighted by Gasteiger charge is 2.33. The Morgan fingerprint density at radius 1 is 1.52 bits per heavy atom. The fourth-order valence-electron chi connectivity index (χ4n) is 2.60. The molecule has 1 unspecified atom stereocenters. The van der Waals surface area contributed by atoms with E-state index < -0.39 is 22.0 Å². The molecule has 0 fully saturated rings. The summed E-state index contributed by atoms with van der Waals surface area (Å²) in [6, 6.07) is 2.74. The summed E-state index contributed by atoms with van der Waals surface area (Å²) >= 11 is 1.01. The van der Waals surface area contributed by atoms with Gasteiger partial charge in [-0.1, -0.05) is 0 Å². The summed E-state index contributed by atoms with van der Waals surface area (Å²) in [5.74, 6) is -0.746. The minimum Gasteiger partial charge on any atom is -0.478 e. The minimum atomic E-state index is -3.96. The molecule has 0 aliphatic carbocycles. The molecular weight excluding hydrogens is 340 g/mol. The maximum absolute atomic E-state index is 12.7. The van der Waals surface area contributed by atoms with Crippen LogP contribution in [0.15, 0.2) is 27.0 Å². The van der Waals surface area contributed by atoms with Gasteiger partial charge in [-0.3, -0.25) is 0 Å². The average Bonchev–Trinajstić information content (AvgIpc) is 3.14. The third-order valence-corrected chi connectivity index (χ3v) is 6.95. The van der Waals surface area contributed by atoms with Gasteiger partial charge in [0.2, 0.25) is 0 Å². The molecule has 1 aliphatic rings. The van der Waals surface area contributed by atoms with Crippen LogP contribution in [-0.4, -0.2) is 26.0 Å². The third-order valence-electron chi connectivity index (χ3n) is 3.66. The Labute approximate surface area is 137 Å². The van der Waals surface area contributed by atoms with Crippen molar-refractivity contribution in [2.45, 2.75) is 30.1 Å². The normalized spacial score (nSPS) is 16.0. The maximum Gasteiger partial charge on any atom is 0.338 e. The number of nitrogens with one attached hydrogen (secondary N) is 2. The van der Waals surface area contributed by atoms with Crippen LogP contribution in [0.1, 0.15) is 39.5 Å².